The third kappa shape index (κ3) is 1.06. The maximum absolute atomic E-state index is 3.41. The predicted molar refractivity (Wildman–Crippen MR) is 58.2 cm³/mol. The zero-order chi connectivity index (χ0) is 9.38. The van der Waals surface area contributed by atoms with Gasteiger partial charge in [0.25, 0.3) is 0 Å². The second-order valence-electron chi connectivity index (χ2n) is 3.44. The minimum atomic E-state index is 1.19. The van der Waals surface area contributed by atoms with Crippen LogP contribution in [0.2, 0.25) is 0 Å². The molecule has 0 fully saturated rings. The Hall–Kier alpha value is -1.91. The van der Waals surface area contributed by atoms with E-state index in [0.29, 0.717) is 0 Å². The summed E-state index contributed by atoms with van der Waals surface area (Å²) >= 11 is 0. The molecule has 0 N–H and O–H groups in total. The third-order valence-corrected chi connectivity index (χ3v) is 2.50. The van der Waals surface area contributed by atoms with Crippen LogP contribution in [0.3, 0.4) is 0 Å². The SMILES string of the molecule is [C+]1=c2ccccc2=Cc2ccccc21. The number of hydrogen-bond acceptors (Lipinski definition) is 0. The second-order valence-corrected chi connectivity index (χ2v) is 3.44. The van der Waals surface area contributed by atoms with Crippen LogP contribution in [-0.4, -0.2) is 0 Å². The monoisotopic (exact) mass is 177 g/mol. The van der Waals surface area contributed by atoms with E-state index in [-0.39, 0.29) is 0 Å². The fourth-order valence-corrected chi connectivity index (χ4v) is 1.79. The zero-order valence-corrected chi connectivity index (χ0v) is 7.70. The first-order valence-corrected chi connectivity index (χ1v) is 4.73. The van der Waals surface area contributed by atoms with E-state index in [2.05, 4.69) is 48.6 Å². The molecule has 0 aliphatic heterocycles. The van der Waals surface area contributed by atoms with Gasteiger partial charge in [0.1, 0.15) is 10.8 Å². The molecule has 0 saturated carbocycles. The van der Waals surface area contributed by atoms with E-state index in [1.165, 1.54) is 21.6 Å². The van der Waals surface area contributed by atoms with Gasteiger partial charge in [0.05, 0.1) is 10.8 Å². The smallest absolute Gasteiger partial charge is 0.0458 e. The van der Waals surface area contributed by atoms with E-state index in [0.717, 1.165) is 0 Å². The summed E-state index contributed by atoms with van der Waals surface area (Å²) in [5.74, 6) is 0. The van der Waals surface area contributed by atoms with Gasteiger partial charge in [0, 0.05) is 24.3 Å². The van der Waals surface area contributed by atoms with Crippen LogP contribution in [0, 0.1) is 0 Å². The van der Waals surface area contributed by atoms with Gasteiger partial charge in [0.15, 0.2) is 0 Å². The summed E-state index contributed by atoms with van der Waals surface area (Å²) in [4.78, 5) is 0. The quantitative estimate of drug-likeness (QED) is 0.457. The van der Waals surface area contributed by atoms with Crippen LogP contribution >= 0.6 is 0 Å². The Kier molecular flexibility index (Phi) is 1.50. The van der Waals surface area contributed by atoms with Crippen LogP contribution in [0.1, 0.15) is 11.1 Å². The lowest BCUT2D eigenvalue weighted by molar-refractivity contribution is 1.46. The number of rotatable bonds is 0. The topological polar surface area (TPSA) is 0 Å². The molecule has 0 amide bonds. The Balaban J connectivity index is 2.42. The highest BCUT2D eigenvalue weighted by atomic mass is 14.0. The largest absolute Gasteiger partial charge is 0.130 e. The lowest BCUT2D eigenvalue weighted by Crippen LogP contribution is -2.26. The van der Waals surface area contributed by atoms with E-state index in [9.17, 15) is 0 Å². The molecule has 0 spiro atoms. The molecule has 1 aliphatic carbocycles. The van der Waals surface area contributed by atoms with Crippen molar-refractivity contribution in [1.82, 2.24) is 0 Å². The van der Waals surface area contributed by atoms with Crippen LogP contribution in [0.4, 0.5) is 0 Å². The van der Waals surface area contributed by atoms with Crippen molar-refractivity contribution in [2.45, 2.75) is 0 Å². The summed E-state index contributed by atoms with van der Waals surface area (Å²) in [7, 11) is 0. The van der Waals surface area contributed by atoms with Crippen molar-refractivity contribution in [3.63, 3.8) is 0 Å². The van der Waals surface area contributed by atoms with Gasteiger partial charge in [0.2, 0.25) is 0 Å². The summed E-state index contributed by atoms with van der Waals surface area (Å²) < 4.78 is 0. The molecule has 0 heteroatoms. The van der Waals surface area contributed by atoms with Crippen LogP contribution in [0.25, 0.3) is 12.2 Å². The average molecular weight is 177 g/mol. The molecule has 14 heavy (non-hydrogen) atoms. The van der Waals surface area contributed by atoms with Gasteiger partial charge in [-0.1, -0.05) is 0 Å². The summed E-state index contributed by atoms with van der Waals surface area (Å²) in [5.41, 5.74) is 2.44. The molecule has 0 saturated heterocycles. The van der Waals surface area contributed by atoms with Crippen molar-refractivity contribution in [2.75, 3.05) is 0 Å². The number of benzene rings is 2. The summed E-state index contributed by atoms with van der Waals surface area (Å²) in [6.07, 6.45) is 5.62. The Labute approximate surface area is 82.8 Å². The highest BCUT2D eigenvalue weighted by molar-refractivity contribution is 5.68. The van der Waals surface area contributed by atoms with Gasteiger partial charge in [-0.15, -0.1) is 0 Å². The molecule has 0 bridgehead atoms. The molecular formula is C14H9+. The summed E-state index contributed by atoms with van der Waals surface area (Å²) in [6.45, 7) is 0. The Morgan fingerprint density at radius 2 is 1.57 bits per heavy atom. The van der Waals surface area contributed by atoms with Gasteiger partial charge < -0.3 is 0 Å². The average Bonchev–Trinajstić information content (AvgIpc) is 2.26. The van der Waals surface area contributed by atoms with Crippen molar-refractivity contribution in [2.24, 2.45) is 0 Å². The third-order valence-electron chi connectivity index (χ3n) is 2.50. The van der Waals surface area contributed by atoms with E-state index in [1.54, 1.807) is 0 Å². The van der Waals surface area contributed by atoms with Gasteiger partial charge in [-0.3, -0.25) is 0 Å². The van der Waals surface area contributed by atoms with Crippen molar-refractivity contribution >= 4 is 12.2 Å². The van der Waals surface area contributed by atoms with E-state index in [1.807, 2.05) is 12.1 Å². The van der Waals surface area contributed by atoms with Crippen molar-refractivity contribution < 1.29 is 0 Å². The molecule has 2 aromatic carbocycles. The molecular weight excluding hydrogens is 168 g/mol. The molecule has 3 rings (SSSR count). The highest BCUT2D eigenvalue weighted by Gasteiger charge is 2.08. The second kappa shape index (κ2) is 2.80. The van der Waals surface area contributed by atoms with E-state index >= 15 is 0 Å². The maximum Gasteiger partial charge on any atom is 0.130 e. The van der Waals surface area contributed by atoms with Gasteiger partial charge >= 0.3 is 0 Å². The molecule has 0 nitrogen and oxygen atoms in total. The van der Waals surface area contributed by atoms with Crippen molar-refractivity contribution in [3.05, 3.63) is 70.1 Å². The molecule has 64 valence electrons. The molecule has 0 aromatic heterocycles. The first-order chi connectivity index (χ1) is 6.93. The summed E-state index contributed by atoms with van der Waals surface area (Å²) in [5, 5.41) is 2.44. The Morgan fingerprint density at radius 3 is 2.57 bits per heavy atom. The van der Waals surface area contributed by atoms with Crippen LogP contribution < -0.4 is 10.4 Å². The Bertz CT molecular complexity index is 537. The van der Waals surface area contributed by atoms with Crippen molar-refractivity contribution in [1.29, 1.82) is 0 Å². The highest BCUT2D eigenvalue weighted by Crippen LogP contribution is 2.11. The summed E-state index contributed by atoms with van der Waals surface area (Å²) in [6, 6.07) is 16.7. The number of hydrogen-bond donors (Lipinski definition) is 0. The molecule has 0 radical (unpaired) electrons. The van der Waals surface area contributed by atoms with Gasteiger partial charge in [-0.05, 0) is 36.4 Å². The molecule has 2 aromatic rings. The maximum atomic E-state index is 3.41. The molecule has 0 heterocycles. The van der Waals surface area contributed by atoms with Crippen LogP contribution in [-0.2, 0) is 0 Å². The first-order valence-electron chi connectivity index (χ1n) is 4.73. The van der Waals surface area contributed by atoms with E-state index < -0.39 is 0 Å². The normalized spacial score (nSPS) is 11.4. The van der Waals surface area contributed by atoms with E-state index in [4.69, 9.17) is 0 Å². The lowest BCUT2D eigenvalue weighted by Gasteiger charge is -1.96. The fraction of sp³-hybridized carbons (Fsp3) is 0. The van der Waals surface area contributed by atoms with Gasteiger partial charge in [-0.2, -0.15) is 0 Å². The zero-order valence-electron chi connectivity index (χ0n) is 7.70. The van der Waals surface area contributed by atoms with Crippen LogP contribution in [0.5, 0.6) is 0 Å². The number of fused-ring (bicyclic) bond motifs is 2. The minimum Gasteiger partial charge on any atom is -0.0458 e. The fourth-order valence-electron chi connectivity index (χ4n) is 1.79. The minimum absolute atomic E-state index is 1.19. The molecule has 1 aliphatic rings. The predicted octanol–water partition coefficient (Wildman–Crippen LogP) is 1.53. The van der Waals surface area contributed by atoms with Gasteiger partial charge in [-0.25, -0.2) is 0 Å². The van der Waals surface area contributed by atoms with Crippen molar-refractivity contribution in [3.8, 4) is 0 Å². The Morgan fingerprint density at radius 1 is 0.786 bits per heavy atom. The lowest BCUT2D eigenvalue weighted by atomic mass is 10.00. The first kappa shape index (κ1) is 7.49. The van der Waals surface area contributed by atoms with Crippen LogP contribution in [0.15, 0.2) is 48.5 Å². The molecule has 0 atom stereocenters. The standard InChI is InChI=1S/C14H9/c1-2-6-12-10-14-8-4-3-7-13(14)9-11(12)5-1/h1-9H/q+1. The molecule has 0 unspecified atom stereocenters.